The molecular weight excluding hydrogens is 409 g/mol. The van der Waals surface area contributed by atoms with Crippen LogP contribution in [-0.4, -0.2) is 31.7 Å². The van der Waals surface area contributed by atoms with Crippen molar-refractivity contribution in [3.05, 3.63) is 96.1 Å². The highest BCUT2D eigenvalue weighted by Crippen LogP contribution is 2.39. The third-order valence-electron chi connectivity index (χ3n) is 5.21. The van der Waals surface area contributed by atoms with E-state index in [1.807, 2.05) is 41.1 Å². The summed E-state index contributed by atoms with van der Waals surface area (Å²) in [6.07, 6.45) is 3.65. The molecule has 1 heterocycles. The van der Waals surface area contributed by atoms with E-state index < -0.39 is 0 Å². The first-order valence-electron chi connectivity index (χ1n) is 9.93. The average molecular weight is 431 g/mol. The highest BCUT2D eigenvalue weighted by Gasteiger charge is 2.22. The van der Waals surface area contributed by atoms with Crippen LogP contribution in [-0.2, 0) is 0 Å². The minimum absolute atomic E-state index is 0.224. The topological polar surface area (TPSA) is 49.7 Å². The van der Waals surface area contributed by atoms with Crippen molar-refractivity contribution in [3.63, 3.8) is 0 Å². The summed E-state index contributed by atoms with van der Waals surface area (Å²) in [6, 6.07) is 19.0. The van der Waals surface area contributed by atoms with Gasteiger partial charge in [-0.2, -0.15) is 0 Å². The molecule has 0 saturated carbocycles. The number of hydrogen-bond acceptors (Lipinski definition) is 4. The van der Waals surface area contributed by atoms with E-state index in [2.05, 4.69) is 0 Å². The number of nitrogens with zero attached hydrogens (tertiary/aromatic N) is 1. The average Bonchev–Trinajstić information content (AvgIpc) is 3.29. The second-order valence-electron chi connectivity index (χ2n) is 7.08. The minimum atomic E-state index is -0.339. The molecule has 0 N–H and O–H groups in total. The molecule has 6 heteroatoms. The van der Waals surface area contributed by atoms with Crippen molar-refractivity contribution < 1.29 is 23.4 Å². The lowest BCUT2D eigenvalue weighted by molar-refractivity contribution is 0.103. The zero-order valence-corrected chi connectivity index (χ0v) is 18.0. The standard InChI is InChI=1S/C26H22FNO4/c1-30-23-13-18(14-24(31-2)26(23)32-3)25(29)22-16-28(20-7-5-4-6-8-20)15-21(22)17-9-11-19(27)12-10-17/h4-16H,1-3H3. The molecule has 162 valence electrons. The van der Waals surface area contributed by atoms with Crippen molar-refractivity contribution in [2.24, 2.45) is 0 Å². The molecule has 0 saturated heterocycles. The molecule has 0 unspecified atom stereocenters. The molecule has 0 amide bonds. The van der Waals surface area contributed by atoms with Crippen LogP contribution in [0, 0.1) is 5.82 Å². The number of aromatic nitrogens is 1. The number of benzene rings is 3. The van der Waals surface area contributed by atoms with Gasteiger partial charge in [0.25, 0.3) is 0 Å². The molecule has 3 aromatic carbocycles. The van der Waals surface area contributed by atoms with E-state index in [1.54, 1.807) is 30.5 Å². The fourth-order valence-corrected chi connectivity index (χ4v) is 3.61. The number of carbonyl (C=O) groups excluding carboxylic acids is 1. The summed E-state index contributed by atoms with van der Waals surface area (Å²) in [5, 5.41) is 0. The van der Waals surface area contributed by atoms with E-state index in [-0.39, 0.29) is 11.6 Å². The molecule has 0 bridgehead atoms. The van der Waals surface area contributed by atoms with E-state index in [4.69, 9.17) is 14.2 Å². The van der Waals surface area contributed by atoms with E-state index in [0.29, 0.717) is 33.9 Å². The van der Waals surface area contributed by atoms with Crippen LogP contribution in [0.2, 0.25) is 0 Å². The van der Waals surface area contributed by atoms with Crippen LogP contribution in [0.4, 0.5) is 4.39 Å². The highest BCUT2D eigenvalue weighted by atomic mass is 19.1. The second kappa shape index (κ2) is 8.98. The van der Waals surface area contributed by atoms with Gasteiger partial charge in [-0.25, -0.2) is 4.39 Å². The molecule has 0 atom stereocenters. The maximum Gasteiger partial charge on any atom is 0.203 e. The van der Waals surface area contributed by atoms with Crippen molar-refractivity contribution in [1.29, 1.82) is 0 Å². The Morgan fingerprint density at radius 1 is 0.812 bits per heavy atom. The number of carbonyl (C=O) groups is 1. The second-order valence-corrected chi connectivity index (χ2v) is 7.08. The number of hydrogen-bond donors (Lipinski definition) is 0. The molecule has 0 aliphatic rings. The third-order valence-corrected chi connectivity index (χ3v) is 5.21. The van der Waals surface area contributed by atoms with E-state index >= 15 is 0 Å². The third kappa shape index (κ3) is 3.95. The van der Waals surface area contributed by atoms with E-state index in [1.165, 1.54) is 33.5 Å². The van der Waals surface area contributed by atoms with Crippen LogP contribution in [0.3, 0.4) is 0 Å². The monoisotopic (exact) mass is 431 g/mol. The van der Waals surface area contributed by atoms with Crippen molar-refractivity contribution in [3.8, 4) is 34.1 Å². The van der Waals surface area contributed by atoms with Gasteiger partial charge < -0.3 is 18.8 Å². The summed E-state index contributed by atoms with van der Waals surface area (Å²) in [4.78, 5) is 13.6. The molecule has 0 aliphatic heterocycles. The molecular formula is C26H22FNO4. The predicted molar refractivity (Wildman–Crippen MR) is 121 cm³/mol. The number of para-hydroxylation sites is 1. The van der Waals surface area contributed by atoms with Gasteiger partial charge in [-0.3, -0.25) is 4.79 Å². The molecule has 0 fully saturated rings. The van der Waals surface area contributed by atoms with Gasteiger partial charge in [0.1, 0.15) is 5.82 Å². The van der Waals surface area contributed by atoms with Crippen molar-refractivity contribution >= 4 is 5.78 Å². The van der Waals surface area contributed by atoms with Gasteiger partial charge in [-0.15, -0.1) is 0 Å². The number of rotatable bonds is 7. The van der Waals surface area contributed by atoms with Gasteiger partial charge in [0.05, 0.1) is 21.3 Å². The Labute approximate surface area is 185 Å². The Hall–Kier alpha value is -4.06. The quantitative estimate of drug-likeness (QED) is 0.361. The predicted octanol–water partition coefficient (Wildman–Crippen LogP) is 5.54. The molecule has 4 aromatic rings. The number of ketones is 1. The maximum absolute atomic E-state index is 13.6. The largest absolute Gasteiger partial charge is 0.493 e. The molecule has 5 nitrogen and oxygen atoms in total. The lowest BCUT2D eigenvalue weighted by atomic mass is 9.97. The smallest absolute Gasteiger partial charge is 0.203 e. The van der Waals surface area contributed by atoms with Crippen LogP contribution in [0.25, 0.3) is 16.8 Å². The maximum atomic E-state index is 13.6. The summed E-state index contributed by atoms with van der Waals surface area (Å²) in [5.74, 6) is 0.626. The lowest BCUT2D eigenvalue weighted by Crippen LogP contribution is -2.04. The summed E-state index contributed by atoms with van der Waals surface area (Å²) in [5.41, 5.74) is 3.17. The van der Waals surface area contributed by atoms with Gasteiger partial charge in [-0.1, -0.05) is 30.3 Å². The fraction of sp³-hybridized carbons (Fsp3) is 0.115. The SMILES string of the molecule is COc1cc(C(=O)c2cn(-c3ccccc3)cc2-c2ccc(F)cc2)cc(OC)c1OC. The highest BCUT2D eigenvalue weighted by molar-refractivity contribution is 6.13. The van der Waals surface area contributed by atoms with Gasteiger partial charge in [0.15, 0.2) is 17.3 Å². The van der Waals surface area contributed by atoms with Crippen LogP contribution in [0.5, 0.6) is 17.2 Å². The van der Waals surface area contributed by atoms with Gasteiger partial charge in [-0.05, 0) is 42.0 Å². The van der Waals surface area contributed by atoms with Crippen LogP contribution >= 0.6 is 0 Å². The Morgan fingerprint density at radius 3 is 2.00 bits per heavy atom. The molecule has 0 radical (unpaired) electrons. The zero-order chi connectivity index (χ0) is 22.7. The normalized spacial score (nSPS) is 10.6. The molecule has 0 aliphatic carbocycles. The van der Waals surface area contributed by atoms with Crippen LogP contribution in [0.15, 0.2) is 79.1 Å². The molecule has 0 spiro atoms. The van der Waals surface area contributed by atoms with Crippen molar-refractivity contribution in [2.75, 3.05) is 21.3 Å². The fourth-order valence-electron chi connectivity index (χ4n) is 3.61. The summed E-state index contributed by atoms with van der Waals surface area (Å²) < 4.78 is 31.6. The van der Waals surface area contributed by atoms with Gasteiger partial charge in [0, 0.05) is 34.8 Å². The van der Waals surface area contributed by atoms with Gasteiger partial charge >= 0.3 is 0 Å². The van der Waals surface area contributed by atoms with Crippen molar-refractivity contribution in [1.82, 2.24) is 4.57 Å². The number of ether oxygens (including phenoxy) is 3. The Bertz CT molecular complexity index is 1220. The first kappa shape index (κ1) is 21.2. The molecule has 1 aromatic heterocycles. The molecule has 4 rings (SSSR count). The van der Waals surface area contributed by atoms with E-state index in [9.17, 15) is 9.18 Å². The first-order valence-corrected chi connectivity index (χ1v) is 9.93. The Morgan fingerprint density at radius 2 is 1.44 bits per heavy atom. The Kier molecular flexibility index (Phi) is 5.94. The first-order chi connectivity index (χ1) is 15.5. The Balaban J connectivity index is 1.88. The molecule has 32 heavy (non-hydrogen) atoms. The number of methoxy groups -OCH3 is 3. The summed E-state index contributed by atoms with van der Waals surface area (Å²) >= 11 is 0. The lowest BCUT2D eigenvalue weighted by Gasteiger charge is -2.14. The van der Waals surface area contributed by atoms with Crippen LogP contribution in [0.1, 0.15) is 15.9 Å². The van der Waals surface area contributed by atoms with Crippen LogP contribution < -0.4 is 14.2 Å². The van der Waals surface area contributed by atoms with E-state index in [0.717, 1.165) is 11.3 Å². The minimum Gasteiger partial charge on any atom is -0.493 e. The van der Waals surface area contributed by atoms with Crippen molar-refractivity contribution in [2.45, 2.75) is 0 Å². The van der Waals surface area contributed by atoms with Gasteiger partial charge in [0.2, 0.25) is 5.75 Å². The number of halogens is 1. The summed E-state index contributed by atoms with van der Waals surface area (Å²) in [6.45, 7) is 0. The summed E-state index contributed by atoms with van der Waals surface area (Å²) in [7, 11) is 4.51. The zero-order valence-electron chi connectivity index (χ0n) is 18.0.